The molecule has 1 amide bonds. The second-order valence-corrected chi connectivity index (χ2v) is 9.22. The van der Waals surface area contributed by atoms with Crippen molar-refractivity contribution >= 4 is 39.0 Å². The lowest BCUT2D eigenvalue weighted by atomic mass is 10.2. The number of amides is 1. The zero-order chi connectivity index (χ0) is 19.1. The van der Waals surface area contributed by atoms with E-state index in [4.69, 9.17) is 4.74 Å². The van der Waals surface area contributed by atoms with Crippen LogP contribution >= 0.6 is 11.3 Å². The lowest BCUT2D eigenvalue weighted by molar-refractivity contribution is 0.0224. The van der Waals surface area contributed by atoms with Gasteiger partial charge in [-0.3, -0.25) is 9.36 Å². The first-order valence-corrected chi connectivity index (χ1v) is 9.96. The third kappa shape index (κ3) is 4.13. The van der Waals surface area contributed by atoms with Crippen LogP contribution in [-0.4, -0.2) is 49.0 Å². The third-order valence-electron chi connectivity index (χ3n) is 3.54. The minimum Gasteiger partial charge on any atom is -0.610 e. The maximum absolute atomic E-state index is 12.5. The van der Waals surface area contributed by atoms with E-state index < -0.39 is 28.9 Å². The molecule has 0 bridgehead atoms. The molecule has 0 fully saturated rings. The number of carbonyl (C=O) groups is 1. The van der Waals surface area contributed by atoms with Crippen LogP contribution in [0.4, 0.5) is 4.79 Å². The molecule has 0 spiro atoms. The standard InChI is InChI=1S/C15H22N4O4S2/c1-8(18(5)14(21)23-15(2,3)4)10-17-11-9(12(20)19(10)6)16-13(24-11)25(7)22/h8H,1-7H3/t8-,25?/m0/s1. The first-order valence-electron chi connectivity index (χ1n) is 7.59. The molecule has 2 aromatic rings. The molecule has 8 nitrogen and oxygen atoms in total. The fourth-order valence-corrected chi connectivity index (χ4v) is 3.71. The van der Waals surface area contributed by atoms with E-state index in [1.807, 2.05) is 0 Å². The van der Waals surface area contributed by atoms with Crippen molar-refractivity contribution in [2.24, 2.45) is 7.05 Å². The van der Waals surface area contributed by atoms with Crippen LogP contribution in [0.3, 0.4) is 0 Å². The van der Waals surface area contributed by atoms with Gasteiger partial charge in [0.1, 0.15) is 17.7 Å². The second-order valence-electron chi connectivity index (χ2n) is 6.69. The summed E-state index contributed by atoms with van der Waals surface area (Å²) in [4.78, 5) is 35.2. The molecule has 0 N–H and O–H groups in total. The molecule has 10 heteroatoms. The lowest BCUT2D eigenvalue weighted by Crippen LogP contribution is -2.38. The van der Waals surface area contributed by atoms with Gasteiger partial charge < -0.3 is 14.2 Å². The first-order chi connectivity index (χ1) is 11.4. The molecule has 0 aliphatic heterocycles. The van der Waals surface area contributed by atoms with Crippen molar-refractivity contribution in [3.8, 4) is 0 Å². The Bertz CT molecular complexity index is 854. The summed E-state index contributed by atoms with van der Waals surface area (Å²) in [6, 6.07) is -0.491. The average molecular weight is 386 g/mol. The van der Waals surface area contributed by atoms with Crippen molar-refractivity contribution in [3.05, 3.63) is 16.2 Å². The summed E-state index contributed by atoms with van der Waals surface area (Å²) in [6.45, 7) is 7.12. The molecule has 0 saturated carbocycles. The molecule has 2 aromatic heterocycles. The lowest BCUT2D eigenvalue weighted by Gasteiger charge is -2.28. The summed E-state index contributed by atoms with van der Waals surface area (Å²) in [5, 5.41) is 0. The van der Waals surface area contributed by atoms with Crippen molar-refractivity contribution in [1.82, 2.24) is 19.4 Å². The Hall–Kier alpha value is -1.65. The number of hydrogen-bond acceptors (Lipinski definition) is 7. The van der Waals surface area contributed by atoms with Crippen LogP contribution < -0.4 is 5.56 Å². The molecule has 138 valence electrons. The highest BCUT2D eigenvalue weighted by Crippen LogP contribution is 2.25. The molecule has 1 unspecified atom stereocenters. The largest absolute Gasteiger partial charge is 0.610 e. The van der Waals surface area contributed by atoms with E-state index in [2.05, 4.69) is 9.97 Å². The van der Waals surface area contributed by atoms with E-state index in [1.165, 1.54) is 15.7 Å². The van der Waals surface area contributed by atoms with Gasteiger partial charge in [0.25, 0.3) is 5.56 Å². The van der Waals surface area contributed by atoms with E-state index in [-0.39, 0.29) is 11.1 Å². The van der Waals surface area contributed by atoms with Gasteiger partial charge in [-0.2, -0.15) is 4.98 Å². The zero-order valence-corrected chi connectivity index (χ0v) is 16.9. The summed E-state index contributed by atoms with van der Waals surface area (Å²) < 4.78 is 18.7. The van der Waals surface area contributed by atoms with Crippen LogP contribution in [0.1, 0.15) is 39.6 Å². The molecule has 0 aliphatic carbocycles. The van der Waals surface area contributed by atoms with Crippen LogP contribution in [0.15, 0.2) is 9.13 Å². The zero-order valence-electron chi connectivity index (χ0n) is 15.3. The van der Waals surface area contributed by atoms with E-state index in [0.29, 0.717) is 15.0 Å². The summed E-state index contributed by atoms with van der Waals surface area (Å²) in [5.41, 5.74) is -0.766. The number of ether oxygens (including phenoxy) is 1. The number of fused-ring (bicyclic) bond motifs is 1. The molecule has 2 heterocycles. The van der Waals surface area contributed by atoms with Crippen molar-refractivity contribution in [2.75, 3.05) is 13.3 Å². The minimum absolute atomic E-state index is 0.188. The predicted molar refractivity (Wildman–Crippen MR) is 97.4 cm³/mol. The normalized spacial score (nSPS) is 14.4. The number of carbonyl (C=O) groups excluding carboxylic acids is 1. The van der Waals surface area contributed by atoms with Gasteiger partial charge in [0.2, 0.25) is 0 Å². The molecule has 0 aliphatic rings. The molecule has 0 radical (unpaired) electrons. The van der Waals surface area contributed by atoms with E-state index >= 15 is 0 Å². The predicted octanol–water partition coefficient (Wildman–Crippen LogP) is 2.06. The van der Waals surface area contributed by atoms with Gasteiger partial charge in [0.05, 0.1) is 6.04 Å². The summed E-state index contributed by atoms with van der Waals surface area (Å²) in [6.07, 6.45) is 0.996. The van der Waals surface area contributed by atoms with Crippen molar-refractivity contribution in [2.45, 2.75) is 43.7 Å². The topological polar surface area (TPSA) is 100 Å². The van der Waals surface area contributed by atoms with Crippen LogP contribution in [0, 0.1) is 0 Å². The highest BCUT2D eigenvalue weighted by Gasteiger charge is 2.27. The molecular formula is C15H22N4O4S2. The van der Waals surface area contributed by atoms with Crippen LogP contribution in [0.2, 0.25) is 0 Å². The summed E-state index contributed by atoms with van der Waals surface area (Å²) >= 11 is -0.167. The van der Waals surface area contributed by atoms with Gasteiger partial charge in [-0.1, -0.05) is 0 Å². The van der Waals surface area contributed by atoms with Gasteiger partial charge in [-0.25, -0.2) is 9.78 Å². The summed E-state index contributed by atoms with van der Waals surface area (Å²) in [7, 11) is 3.17. The van der Waals surface area contributed by atoms with E-state index in [1.54, 1.807) is 41.8 Å². The molecule has 2 atom stereocenters. The Morgan fingerprint density at radius 2 is 2.00 bits per heavy atom. The molecular weight excluding hydrogens is 364 g/mol. The molecule has 0 saturated heterocycles. The number of aromatic nitrogens is 3. The molecule has 0 aromatic carbocycles. The number of thiazole rings is 1. The Balaban J connectivity index is 2.44. The van der Waals surface area contributed by atoms with Gasteiger partial charge in [-0.15, -0.1) is 0 Å². The monoisotopic (exact) mass is 386 g/mol. The maximum Gasteiger partial charge on any atom is 0.410 e. The Morgan fingerprint density at radius 1 is 1.40 bits per heavy atom. The fraction of sp³-hybridized carbons (Fsp3) is 0.600. The number of hydrogen-bond donors (Lipinski definition) is 0. The van der Waals surface area contributed by atoms with Crippen LogP contribution in [0.25, 0.3) is 10.3 Å². The Kier molecular flexibility index (Phi) is 5.45. The second kappa shape index (κ2) is 6.93. The van der Waals surface area contributed by atoms with Crippen molar-refractivity contribution in [1.29, 1.82) is 0 Å². The van der Waals surface area contributed by atoms with Crippen LogP contribution in [0.5, 0.6) is 0 Å². The van der Waals surface area contributed by atoms with Crippen molar-refractivity contribution in [3.63, 3.8) is 0 Å². The van der Waals surface area contributed by atoms with Gasteiger partial charge in [-0.05, 0) is 39.0 Å². The van der Waals surface area contributed by atoms with Gasteiger partial charge in [0.15, 0.2) is 10.3 Å². The first kappa shape index (κ1) is 19.7. The van der Waals surface area contributed by atoms with Gasteiger partial charge >= 0.3 is 10.4 Å². The Morgan fingerprint density at radius 3 is 2.52 bits per heavy atom. The van der Waals surface area contributed by atoms with Gasteiger partial charge in [0, 0.05) is 25.3 Å². The Labute approximate surface area is 153 Å². The minimum atomic E-state index is -1.29. The van der Waals surface area contributed by atoms with Crippen LogP contribution in [-0.2, 0) is 23.0 Å². The molecule has 2 rings (SSSR count). The highest BCUT2D eigenvalue weighted by molar-refractivity contribution is 7.92. The summed E-state index contributed by atoms with van der Waals surface area (Å²) in [5.74, 6) is 0.406. The molecule has 25 heavy (non-hydrogen) atoms. The highest BCUT2D eigenvalue weighted by atomic mass is 32.2. The third-order valence-corrected chi connectivity index (χ3v) is 5.82. The quantitative estimate of drug-likeness (QED) is 0.749. The maximum atomic E-state index is 12.5. The SMILES string of the molecule is C[C@@H](c1nc2sc([S+](C)[O-])nc2c(=O)n1C)N(C)C(=O)OC(C)(C)C. The number of rotatable bonds is 3. The average Bonchev–Trinajstić information content (AvgIpc) is 2.92. The fourth-order valence-electron chi connectivity index (χ4n) is 2.11. The smallest absolute Gasteiger partial charge is 0.410 e. The van der Waals surface area contributed by atoms with Crippen molar-refractivity contribution < 1.29 is 14.1 Å². The number of nitrogens with zero attached hydrogens (tertiary/aromatic N) is 4. The van der Waals surface area contributed by atoms with E-state index in [0.717, 1.165) is 11.3 Å². The van der Waals surface area contributed by atoms with E-state index in [9.17, 15) is 14.1 Å².